The lowest BCUT2D eigenvalue weighted by Gasteiger charge is -2.37. The van der Waals surface area contributed by atoms with E-state index in [1.165, 1.54) is 11.1 Å². The first-order valence-corrected chi connectivity index (χ1v) is 6.61. The largest absolute Gasteiger partial charge is 0.352 e. The molecule has 0 aliphatic heterocycles. The van der Waals surface area contributed by atoms with Gasteiger partial charge in [-0.05, 0) is 48.1 Å². The summed E-state index contributed by atoms with van der Waals surface area (Å²) in [4.78, 5) is 11.7. The second-order valence-electron chi connectivity index (χ2n) is 4.75. The van der Waals surface area contributed by atoms with Crippen LogP contribution in [0.15, 0.2) is 10.8 Å². The van der Waals surface area contributed by atoms with Crippen molar-refractivity contribution >= 4 is 17.2 Å². The van der Waals surface area contributed by atoms with Crippen LogP contribution in [0.4, 0.5) is 0 Å². The average molecular weight is 238 g/mol. The molecule has 1 aliphatic rings. The monoisotopic (exact) mass is 238 g/mol. The molecule has 1 fully saturated rings. The summed E-state index contributed by atoms with van der Waals surface area (Å²) in [5.41, 5.74) is 8.26. The summed E-state index contributed by atoms with van der Waals surface area (Å²) in [6, 6.07) is 0. The van der Waals surface area contributed by atoms with Crippen molar-refractivity contribution in [2.45, 2.75) is 44.7 Å². The SMILES string of the molecule is Cc1cscc1CNC(=O)CC1(N)CCC1. The van der Waals surface area contributed by atoms with E-state index in [0.717, 1.165) is 19.3 Å². The molecule has 0 spiro atoms. The molecule has 1 aliphatic carbocycles. The molecule has 0 bridgehead atoms. The molecule has 4 heteroatoms. The third kappa shape index (κ3) is 2.62. The fourth-order valence-corrected chi connectivity index (χ4v) is 2.81. The van der Waals surface area contributed by atoms with Crippen LogP contribution in [0.5, 0.6) is 0 Å². The van der Waals surface area contributed by atoms with Gasteiger partial charge in [-0.25, -0.2) is 0 Å². The Hall–Kier alpha value is -0.870. The van der Waals surface area contributed by atoms with Gasteiger partial charge in [-0.2, -0.15) is 11.3 Å². The molecule has 3 N–H and O–H groups in total. The van der Waals surface area contributed by atoms with Crippen molar-refractivity contribution in [1.82, 2.24) is 5.32 Å². The molecule has 1 saturated carbocycles. The van der Waals surface area contributed by atoms with Crippen LogP contribution in [0.25, 0.3) is 0 Å². The van der Waals surface area contributed by atoms with Gasteiger partial charge in [-0.1, -0.05) is 0 Å². The average Bonchev–Trinajstić information content (AvgIpc) is 2.59. The number of aryl methyl sites for hydroxylation is 1. The van der Waals surface area contributed by atoms with Crippen LogP contribution in [0.1, 0.15) is 36.8 Å². The van der Waals surface area contributed by atoms with Crippen molar-refractivity contribution in [3.8, 4) is 0 Å². The summed E-state index contributed by atoms with van der Waals surface area (Å²) in [5.74, 6) is 0.0767. The highest BCUT2D eigenvalue weighted by Crippen LogP contribution is 2.31. The second kappa shape index (κ2) is 4.55. The molecule has 2 rings (SSSR count). The number of rotatable bonds is 4. The summed E-state index contributed by atoms with van der Waals surface area (Å²) in [5, 5.41) is 7.11. The summed E-state index contributed by atoms with van der Waals surface area (Å²) in [6.45, 7) is 2.69. The van der Waals surface area contributed by atoms with Gasteiger partial charge in [0.25, 0.3) is 0 Å². The van der Waals surface area contributed by atoms with Crippen LogP contribution in [-0.4, -0.2) is 11.4 Å². The Bertz CT molecular complexity index is 382. The van der Waals surface area contributed by atoms with E-state index < -0.39 is 0 Å². The molecule has 0 radical (unpaired) electrons. The summed E-state index contributed by atoms with van der Waals surface area (Å²) in [7, 11) is 0. The highest BCUT2D eigenvalue weighted by molar-refractivity contribution is 7.08. The highest BCUT2D eigenvalue weighted by atomic mass is 32.1. The van der Waals surface area contributed by atoms with Gasteiger partial charge in [0.1, 0.15) is 0 Å². The van der Waals surface area contributed by atoms with Crippen LogP contribution < -0.4 is 11.1 Å². The van der Waals surface area contributed by atoms with Crippen molar-refractivity contribution in [2.24, 2.45) is 5.73 Å². The number of hydrogen-bond acceptors (Lipinski definition) is 3. The first kappa shape index (κ1) is 11.6. The number of thiophene rings is 1. The molecule has 1 amide bonds. The molecule has 0 atom stereocenters. The van der Waals surface area contributed by atoms with Gasteiger partial charge in [-0.3, -0.25) is 4.79 Å². The van der Waals surface area contributed by atoms with Crippen molar-refractivity contribution in [2.75, 3.05) is 0 Å². The zero-order valence-electron chi connectivity index (χ0n) is 9.58. The molecule has 0 saturated heterocycles. The van der Waals surface area contributed by atoms with Gasteiger partial charge < -0.3 is 11.1 Å². The van der Waals surface area contributed by atoms with Gasteiger partial charge in [0.2, 0.25) is 5.91 Å². The molecular formula is C12H18N2OS. The standard InChI is InChI=1S/C12H18N2OS/c1-9-7-16-8-10(9)6-14-11(15)5-12(13)3-2-4-12/h7-8H,2-6,13H2,1H3,(H,14,15). The number of nitrogens with one attached hydrogen (secondary N) is 1. The summed E-state index contributed by atoms with van der Waals surface area (Å²) in [6.07, 6.45) is 3.60. The van der Waals surface area contributed by atoms with Crippen LogP contribution >= 0.6 is 11.3 Å². The second-order valence-corrected chi connectivity index (χ2v) is 5.49. The van der Waals surface area contributed by atoms with E-state index in [1.54, 1.807) is 11.3 Å². The normalized spacial score (nSPS) is 17.9. The van der Waals surface area contributed by atoms with E-state index in [2.05, 4.69) is 23.0 Å². The zero-order chi connectivity index (χ0) is 11.6. The maximum absolute atomic E-state index is 11.7. The van der Waals surface area contributed by atoms with E-state index in [1.807, 2.05) is 0 Å². The van der Waals surface area contributed by atoms with E-state index in [-0.39, 0.29) is 11.4 Å². The fraction of sp³-hybridized carbons (Fsp3) is 0.583. The fourth-order valence-electron chi connectivity index (χ4n) is 1.95. The molecule has 0 aromatic carbocycles. The van der Waals surface area contributed by atoms with Crippen LogP contribution in [0.2, 0.25) is 0 Å². The molecule has 1 aromatic heterocycles. The predicted octanol–water partition coefficient (Wildman–Crippen LogP) is 1.94. The first-order valence-electron chi connectivity index (χ1n) is 5.66. The van der Waals surface area contributed by atoms with Crippen LogP contribution in [0.3, 0.4) is 0 Å². The number of carbonyl (C=O) groups excluding carboxylic acids is 1. The van der Waals surface area contributed by atoms with E-state index >= 15 is 0 Å². The zero-order valence-corrected chi connectivity index (χ0v) is 10.4. The molecule has 0 unspecified atom stereocenters. The lowest BCUT2D eigenvalue weighted by Crippen LogP contribution is -2.49. The van der Waals surface area contributed by atoms with Crippen molar-refractivity contribution in [3.05, 3.63) is 21.9 Å². The quantitative estimate of drug-likeness (QED) is 0.842. The lowest BCUT2D eigenvalue weighted by molar-refractivity contribution is -0.123. The minimum atomic E-state index is -0.215. The maximum Gasteiger partial charge on any atom is 0.222 e. The molecule has 1 aromatic rings. The van der Waals surface area contributed by atoms with E-state index in [4.69, 9.17) is 5.73 Å². The number of carbonyl (C=O) groups is 1. The Morgan fingerprint density at radius 1 is 1.56 bits per heavy atom. The van der Waals surface area contributed by atoms with Gasteiger partial charge in [0, 0.05) is 18.5 Å². The Labute approximate surface area is 100 Å². The summed E-state index contributed by atoms with van der Waals surface area (Å²) >= 11 is 1.67. The molecular weight excluding hydrogens is 220 g/mol. The van der Waals surface area contributed by atoms with Gasteiger partial charge in [0.15, 0.2) is 0 Å². The third-order valence-corrected chi connectivity index (χ3v) is 4.21. The minimum Gasteiger partial charge on any atom is -0.352 e. The molecule has 88 valence electrons. The Kier molecular flexibility index (Phi) is 3.30. The topological polar surface area (TPSA) is 55.1 Å². The molecule has 1 heterocycles. The molecule has 3 nitrogen and oxygen atoms in total. The van der Waals surface area contributed by atoms with Crippen LogP contribution in [-0.2, 0) is 11.3 Å². The Morgan fingerprint density at radius 3 is 2.81 bits per heavy atom. The van der Waals surface area contributed by atoms with Crippen molar-refractivity contribution < 1.29 is 4.79 Å². The van der Waals surface area contributed by atoms with Gasteiger partial charge >= 0.3 is 0 Å². The Balaban J connectivity index is 1.78. The number of amides is 1. The minimum absolute atomic E-state index is 0.0767. The van der Waals surface area contributed by atoms with Crippen molar-refractivity contribution in [3.63, 3.8) is 0 Å². The number of nitrogens with two attached hydrogens (primary N) is 1. The molecule has 16 heavy (non-hydrogen) atoms. The van der Waals surface area contributed by atoms with E-state index in [9.17, 15) is 4.79 Å². The predicted molar refractivity (Wildman–Crippen MR) is 66.3 cm³/mol. The highest BCUT2D eigenvalue weighted by Gasteiger charge is 2.34. The smallest absolute Gasteiger partial charge is 0.222 e. The summed E-state index contributed by atoms with van der Waals surface area (Å²) < 4.78 is 0. The Morgan fingerprint density at radius 2 is 2.31 bits per heavy atom. The van der Waals surface area contributed by atoms with Gasteiger partial charge in [0.05, 0.1) is 0 Å². The van der Waals surface area contributed by atoms with Crippen LogP contribution in [0, 0.1) is 6.92 Å². The van der Waals surface area contributed by atoms with Gasteiger partial charge in [-0.15, -0.1) is 0 Å². The van der Waals surface area contributed by atoms with E-state index in [0.29, 0.717) is 13.0 Å². The maximum atomic E-state index is 11.7. The first-order chi connectivity index (χ1) is 7.59. The van der Waals surface area contributed by atoms with Crippen molar-refractivity contribution in [1.29, 1.82) is 0 Å². The lowest BCUT2D eigenvalue weighted by atomic mass is 9.75. The number of hydrogen-bond donors (Lipinski definition) is 2. The third-order valence-electron chi connectivity index (χ3n) is 3.30.